The summed E-state index contributed by atoms with van der Waals surface area (Å²) in [6.45, 7) is 7.73. The SMILES string of the molecule is CCOc1cc(OC)ccc1CNC(C)C. The highest BCUT2D eigenvalue weighted by Gasteiger charge is 2.05. The molecule has 16 heavy (non-hydrogen) atoms. The van der Waals surface area contributed by atoms with Gasteiger partial charge in [0.2, 0.25) is 0 Å². The van der Waals surface area contributed by atoms with E-state index in [1.54, 1.807) is 7.11 Å². The second-order valence-corrected chi connectivity index (χ2v) is 3.94. The average molecular weight is 223 g/mol. The molecule has 90 valence electrons. The lowest BCUT2D eigenvalue weighted by Gasteiger charge is -2.14. The monoisotopic (exact) mass is 223 g/mol. The van der Waals surface area contributed by atoms with Gasteiger partial charge in [-0.1, -0.05) is 19.9 Å². The number of hydrogen-bond donors (Lipinski definition) is 1. The molecule has 1 N–H and O–H groups in total. The van der Waals surface area contributed by atoms with Crippen molar-refractivity contribution in [3.8, 4) is 11.5 Å². The molecule has 0 saturated heterocycles. The minimum atomic E-state index is 0.469. The standard InChI is InChI=1S/C13H21NO2/c1-5-16-13-8-12(15-4)7-6-11(13)9-14-10(2)3/h6-8,10,14H,5,9H2,1-4H3. The van der Waals surface area contributed by atoms with E-state index in [1.807, 2.05) is 25.1 Å². The largest absolute Gasteiger partial charge is 0.497 e. The quantitative estimate of drug-likeness (QED) is 0.804. The van der Waals surface area contributed by atoms with Gasteiger partial charge in [0.15, 0.2) is 0 Å². The van der Waals surface area contributed by atoms with Crippen molar-refractivity contribution in [2.45, 2.75) is 33.4 Å². The fourth-order valence-electron chi connectivity index (χ4n) is 1.41. The van der Waals surface area contributed by atoms with Crippen molar-refractivity contribution in [3.05, 3.63) is 23.8 Å². The van der Waals surface area contributed by atoms with Crippen molar-refractivity contribution in [2.24, 2.45) is 0 Å². The van der Waals surface area contributed by atoms with Crippen molar-refractivity contribution in [1.29, 1.82) is 0 Å². The molecule has 0 heterocycles. The predicted molar refractivity (Wildman–Crippen MR) is 66.1 cm³/mol. The van der Waals surface area contributed by atoms with Gasteiger partial charge in [-0.25, -0.2) is 0 Å². The van der Waals surface area contributed by atoms with E-state index in [0.29, 0.717) is 12.6 Å². The van der Waals surface area contributed by atoms with Crippen molar-refractivity contribution in [1.82, 2.24) is 5.32 Å². The van der Waals surface area contributed by atoms with Crippen LogP contribution in [0.3, 0.4) is 0 Å². The molecule has 0 saturated carbocycles. The Hall–Kier alpha value is -1.22. The van der Waals surface area contributed by atoms with Crippen LogP contribution in [0.2, 0.25) is 0 Å². The van der Waals surface area contributed by atoms with Crippen LogP contribution in [0.5, 0.6) is 11.5 Å². The minimum Gasteiger partial charge on any atom is -0.497 e. The summed E-state index contributed by atoms with van der Waals surface area (Å²) in [5, 5.41) is 3.38. The number of methoxy groups -OCH3 is 1. The maximum Gasteiger partial charge on any atom is 0.127 e. The summed E-state index contributed by atoms with van der Waals surface area (Å²) in [7, 11) is 1.66. The highest BCUT2D eigenvalue weighted by Crippen LogP contribution is 2.24. The molecule has 0 bridgehead atoms. The van der Waals surface area contributed by atoms with Crippen molar-refractivity contribution < 1.29 is 9.47 Å². The Morgan fingerprint density at radius 1 is 1.31 bits per heavy atom. The molecule has 1 aromatic rings. The maximum absolute atomic E-state index is 5.59. The normalized spacial score (nSPS) is 10.6. The zero-order valence-corrected chi connectivity index (χ0v) is 10.5. The fourth-order valence-corrected chi connectivity index (χ4v) is 1.41. The zero-order valence-electron chi connectivity index (χ0n) is 10.5. The van der Waals surface area contributed by atoms with Crippen LogP contribution >= 0.6 is 0 Å². The second kappa shape index (κ2) is 6.38. The average Bonchev–Trinajstić information content (AvgIpc) is 2.27. The summed E-state index contributed by atoms with van der Waals surface area (Å²) in [6, 6.07) is 6.40. The number of ether oxygens (including phenoxy) is 2. The Morgan fingerprint density at radius 3 is 2.62 bits per heavy atom. The molecule has 0 atom stereocenters. The highest BCUT2D eigenvalue weighted by molar-refractivity contribution is 5.40. The van der Waals surface area contributed by atoms with E-state index in [9.17, 15) is 0 Å². The van der Waals surface area contributed by atoms with E-state index in [0.717, 1.165) is 23.6 Å². The van der Waals surface area contributed by atoms with E-state index in [2.05, 4.69) is 19.2 Å². The van der Waals surface area contributed by atoms with Gasteiger partial charge < -0.3 is 14.8 Å². The van der Waals surface area contributed by atoms with Crippen LogP contribution < -0.4 is 14.8 Å². The molecule has 0 aliphatic heterocycles. The van der Waals surface area contributed by atoms with Crippen molar-refractivity contribution >= 4 is 0 Å². The first-order valence-corrected chi connectivity index (χ1v) is 5.70. The fraction of sp³-hybridized carbons (Fsp3) is 0.538. The van der Waals surface area contributed by atoms with E-state index in [1.165, 1.54) is 0 Å². The molecule has 0 amide bonds. The Balaban J connectivity index is 2.80. The molecular formula is C13H21NO2. The minimum absolute atomic E-state index is 0.469. The summed E-state index contributed by atoms with van der Waals surface area (Å²) in [5.41, 5.74) is 1.16. The topological polar surface area (TPSA) is 30.5 Å². The first kappa shape index (κ1) is 12.8. The molecule has 0 aromatic heterocycles. The number of benzene rings is 1. The van der Waals surface area contributed by atoms with Gasteiger partial charge in [0, 0.05) is 24.2 Å². The summed E-state index contributed by atoms with van der Waals surface area (Å²) in [4.78, 5) is 0. The molecule has 0 fully saturated rings. The Kier molecular flexibility index (Phi) is 5.12. The first-order valence-electron chi connectivity index (χ1n) is 5.70. The molecule has 1 rings (SSSR count). The third-order valence-electron chi connectivity index (χ3n) is 2.27. The van der Waals surface area contributed by atoms with E-state index < -0.39 is 0 Å². The van der Waals surface area contributed by atoms with Crippen LogP contribution in [0.15, 0.2) is 18.2 Å². The Morgan fingerprint density at radius 2 is 2.06 bits per heavy atom. The van der Waals surface area contributed by atoms with E-state index in [-0.39, 0.29) is 0 Å². The number of nitrogens with one attached hydrogen (secondary N) is 1. The molecular weight excluding hydrogens is 202 g/mol. The van der Waals surface area contributed by atoms with Crippen LogP contribution in [-0.4, -0.2) is 19.8 Å². The van der Waals surface area contributed by atoms with Gasteiger partial charge in [-0.05, 0) is 13.0 Å². The maximum atomic E-state index is 5.59. The van der Waals surface area contributed by atoms with Crippen molar-refractivity contribution in [3.63, 3.8) is 0 Å². The van der Waals surface area contributed by atoms with Gasteiger partial charge >= 0.3 is 0 Å². The molecule has 3 heteroatoms. The second-order valence-electron chi connectivity index (χ2n) is 3.94. The summed E-state index contributed by atoms with van der Waals surface area (Å²) in [6.07, 6.45) is 0. The van der Waals surface area contributed by atoms with E-state index >= 15 is 0 Å². The van der Waals surface area contributed by atoms with Gasteiger partial charge in [-0.2, -0.15) is 0 Å². The summed E-state index contributed by atoms with van der Waals surface area (Å²) < 4.78 is 10.8. The van der Waals surface area contributed by atoms with Gasteiger partial charge in [0.1, 0.15) is 11.5 Å². The molecule has 0 spiro atoms. The smallest absolute Gasteiger partial charge is 0.127 e. The zero-order chi connectivity index (χ0) is 12.0. The number of hydrogen-bond acceptors (Lipinski definition) is 3. The van der Waals surface area contributed by atoms with Gasteiger partial charge in [0.25, 0.3) is 0 Å². The molecule has 0 aliphatic carbocycles. The van der Waals surface area contributed by atoms with Crippen LogP contribution in [0, 0.1) is 0 Å². The molecule has 0 radical (unpaired) electrons. The van der Waals surface area contributed by atoms with Gasteiger partial charge in [-0.3, -0.25) is 0 Å². The Labute approximate surface area is 97.8 Å². The molecule has 0 aliphatic rings. The lowest BCUT2D eigenvalue weighted by atomic mass is 10.2. The van der Waals surface area contributed by atoms with Gasteiger partial charge in [0.05, 0.1) is 13.7 Å². The van der Waals surface area contributed by atoms with E-state index in [4.69, 9.17) is 9.47 Å². The van der Waals surface area contributed by atoms with Crippen LogP contribution in [-0.2, 0) is 6.54 Å². The van der Waals surface area contributed by atoms with Crippen molar-refractivity contribution in [2.75, 3.05) is 13.7 Å². The Bertz CT molecular complexity index is 324. The third-order valence-corrected chi connectivity index (χ3v) is 2.27. The molecule has 0 unspecified atom stereocenters. The lowest BCUT2D eigenvalue weighted by molar-refractivity contribution is 0.331. The molecule has 1 aromatic carbocycles. The summed E-state index contributed by atoms with van der Waals surface area (Å²) >= 11 is 0. The highest BCUT2D eigenvalue weighted by atomic mass is 16.5. The lowest BCUT2D eigenvalue weighted by Crippen LogP contribution is -2.22. The first-order chi connectivity index (χ1) is 7.67. The number of rotatable bonds is 6. The van der Waals surface area contributed by atoms with Crippen LogP contribution in [0.1, 0.15) is 26.3 Å². The third kappa shape index (κ3) is 3.74. The van der Waals surface area contributed by atoms with Crippen LogP contribution in [0.4, 0.5) is 0 Å². The van der Waals surface area contributed by atoms with Gasteiger partial charge in [-0.15, -0.1) is 0 Å². The van der Waals surface area contributed by atoms with Crippen LogP contribution in [0.25, 0.3) is 0 Å². The predicted octanol–water partition coefficient (Wildman–Crippen LogP) is 2.59. The summed E-state index contributed by atoms with van der Waals surface area (Å²) in [5.74, 6) is 1.73. The molecule has 3 nitrogen and oxygen atoms in total.